The van der Waals surface area contributed by atoms with Gasteiger partial charge in [0.1, 0.15) is 0 Å². The molecule has 1 atom stereocenters. The molecule has 19 heavy (non-hydrogen) atoms. The van der Waals surface area contributed by atoms with Crippen LogP contribution in [0.25, 0.3) is 0 Å². The Labute approximate surface area is 114 Å². The molecule has 0 aliphatic carbocycles. The third kappa shape index (κ3) is 4.56. The van der Waals surface area contributed by atoms with Gasteiger partial charge in [-0.2, -0.15) is 0 Å². The molecule has 6 heteroatoms. The molecule has 1 unspecified atom stereocenters. The number of ether oxygens (including phenoxy) is 1. The van der Waals surface area contributed by atoms with Crippen LogP contribution in [0, 0.1) is 0 Å². The Hall–Kier alpha value is -0.980. The first-order valence-corrected chi connectivity index (χ1v) is 6.96. The van der Waals surface area contributed by atoms with E-state index in [4.69, 9.17) is 9.84 Å². The van der Waals surface area contributed by atoms with E-state index >= 15 is 0 Å². The predicted octanol–water partition coefficient (Wildman–Crippen LogP) is 0.708. The van der Waals surface area contributed by atoms with Crippen molar-refractivity contribution < 1.29 is 9.84 Å². The third-order valence-corrected chi connectivity index (χ3v) is 3.40. The van der Waals surface area contributed by atoms with Crippen LogP contribution < -0.4 is 5.32 Å². The molecule has 2 rings (SSSR count). The first-order valence-electron chi connectivity index (χ1n) is 6.96. The minimum atomic E-state index is -0.0331. The Morgan fingerprint density at radius 1 is 1.58 bits per heavy atom. The summed E-state index contributed by atoms with van der Waals surface area (Å²) >= 11 is 0. The quantitative estimate of drug-likeness (QED) is 0.795. The number of nitrogens with zero attached hydrogens (tertiary/aromatic N) is 3. The Bertz CT molecular complexity index is 392. The van der Waals surface area contributed by atoms with Gasteiger partial charge in [0, 0.05) is 38.5 Å². The van der Waals surface area contributed by atoms with Gasteiger partial charge in [0.15, 0.2) is 0 Å². The van der Waals surface area contributed by atoms with Crippen molar-refractivity contribution in [3.63, 3.8) is 0 Å². The molecule has 2 heterocycles. The summed E-state index contributed by atoms with van der Waals surface area (Å²) in [5.41, 5.74) is 0.913. The number of aryl methyl sites for hydroxylation is 1. The summed E-state index contributed by atoms with van der Waals surface area (Å²) in [6.07, 6.45) is 4.71. The van der Waals surface area contributed by atoms with Gasteiger partial charge in [0.2, 0.25) is 0 Å². The molecule has 1 aromatic rings. The zero-order valence-electron chi connectivity index (χ0n) is 11.8. The molecule has 6 nitrogen and oxygen atoms in total. The van der Waals surface area contributed by atoms with Crippen LogP contribution in [0.1, 0.15) is 38.8 Å². The van der Waals surface area contributed by atoms with E-state index in [2.05, 4.69) is 29.5 Å². The van der Waals surface area contributed by atoms with Crippen LogP contribution in [0.15, 0.2) is 6.20 Å². The first kappa shape index (κ1) is 14.4. The van der Waals surface area contributed by atoms with Crippen molar-refractivity contribution in [2.75, 3.05) is 13.2 Å². The van der Waals surface area contributed by atoms with Gasteiger partial charge in [-0.3, -0.25) is 4.68 Å². The van der Waals surface area contributed by atoms with Crippen LogP contribution >= 0.6 is 0 Å². The lowest BCUT2D eigenvalue weighted by Gasteiger charge is -2.35. The normalized spacial score (nSPS) is 22.6. The van der Waals surface area contributed by atoms with Crippen LogP contribution in [0.4, 0.5) is 0 Å². The molecular formula is C13H24N4O2. The molecule has 1 aromatic heterocycles. The number of nitrogens with one attached hydrogen (secondary N) is 1. The highest BCUT2D eigenvalue weighted by Crippen LogP contribution is 2.23. The molecule has 1 aliphatic rings. The molecule has 1 aliphatic heterocycles. The Morgan fingerprint density at radius 2 is 2.42 bits per heavy atom. The van der Waals surface area contributed by atoms with Crippen molar-refractivity contribution in [2.24, 2.45) is 0 Å². The lowest BCUT2D eigenvalue weighted by molar-refractivity contribution is -0.0631. The van der Waals surface area contributed by atoms with Gasteiger partial charge in [-0.25, -0.2) is 0 Å². The minimum Gasteiger partial charge on any atom is -0.396 e. The standard InChI is InChI=1S/C13H24N4O2/c1-13(2)8-11(4-7-19-13)14-9-12-10-17(16-15-12)5-3-6-18/h10-11,14,18H,3-9H2,1-2H3. The molecule has 0 radical (unpaired) electrons. The number of aliphatic hydroxyl groups is 1. The van der Waals surface area contributed by atoms with E-state index in [1.54, 1.807) is 4.68 Å². The van der Waals surface area contributed by atoms with Crippen LogP contribution in [0.5, 0.6) is 0 Å². The zero-order valence-corrected chi connectivity index (χ0v) is 11.8. The van der Waals surface area contributed by atoms with Crippen molar-refractivity contribution >= 4 is 0 Å². The second kappa shape index (κ2) is 6.45. The Kier molecular flexibility index (Phi) is 4.90. The number of aliphatic hydroxyl groups excluding tert-OH is 1. The average molecular weight is 268 g/mol. The van der Waals surface area contributed by atoms with E-state index in [0.29, 0.717) is 19.0 Å². The van der Waals surface area contributed by atoms with Crippen molar-refractivity contribution in [3.8, 4) is 0 Å². The lowest BCUT2D eigenvalue weighted by atomic mass is 9.94. The fourth-order valence-electron chi connectivity index (χ4n) is 2.42. The second-order valence-corrected chi connectivity index (χ2v) is 5.73. The van der Waals surface area contributed by atoms with Gasteiger partial charge in [-0.1, -0.05) is 5.21 Å². The number of rotatable bonds is 6. The molecule has 0 bridgehead atoms. The van der Waals surface area contributed by atoms with E-state index in [9.17, 15) is 0 Å². The van der Waals surface area contributed by atoms with Crippen LogP contribution in [0.2, 0.25) is 0 Å². The summed E-state index contributed by atoms with van der Waals surface area (Å²) < 4.78 is 7.48. The molecule has 0 saturated carbocycles. The molecular weight excluding hydrogens is 244 g/mol. The number of aromatic nitrogens is 3. The average Bonchev–Trinajstić information content (AvgIpc) is 2.81. The maximum absolute atomic E-state index is 8.77. The van der Waals surface area contributed by atoms with Crippen molar-refractivity contribution in [2.45, 2.75) is 57.8 Å². The largest absolute Gasteiger partial charge is 0.396 e. The van der Waals surface area contributed by atoms with Crippen molar-refractivity contribution in [3.05, 3.63) is 11.9 Å². The molecule has 108 valence electrons. The molecule has 1 fully saturated rings. The highest BCUT2D eigenvalue weighted by atomic mass is 16.5. The summed E-state index contributed by atoms with van der Waals surface area (Å²) in [6, 6.07) is 0.478. The van der Waals surface area contributed by atoms with E-state index in [0.717, 1.165) is 31.7 Å². The monoisotopic (exact) mass is 268 g/mol. The van der Waals surface area contributed by atoms with Gasteiger partial charge in [0.05, 0.1) is 11.3 Å². The lowest BCUT2D eigenvalue weighted by Crippen LogP contribution is -2.43. The highest BCUT2D eigenvalue weighted by Gasteiger charge is 2.28. The van der Waals surface area contributed by atoms with Crippen LogP contribution in [-0.2, 0) is 17.8 Å². The fourth-order valence-corrected chi connectivity index (χ4v) is 2.42. The predicted molar refractivity (Wildman–Crippen MR) is 71.6 cm³/mol. The van der Waals surface area contributed by atoms with Gasteiger partial charge in [-0.15, -0.1) is 5.10 Å². The smallest absolute Gasteiger partial charge is 0.0964 e. The number of hydrogen-bond donors (Lipinski definition) is 2. The molecule has 0 spiro atoms. The van der Waals surface area contributed by atoms with Crippen molar-refractivity contribution in [1.82, 2.24) is 20.3 Å². The van der Waals surface area contributed by atoms with E-state index in [-0.39, 0.29) is 12.2 Å². The van der Waals surface area contributed by atoms with E-state index in [1.807, 2.05) is 6.20 Å². The summed E-state index contributed by atoms with van der Waals surface area (Å²) in [4.78, 5) is 0. The third-order valence-electron chi connectivity index (χ3n) is 3.40. The summed E-state index contributed by atoms with van der Waals surface area (Å²) in [6.45, 7) is 6.71. The van der Waals surface area contributed by atoms with Crippen LogP contribution in [0.3, 0.4) is 0 Å². The zero-order chi connectivity index (χ0) is 13.7. The molecule has 2 N–H and O–H groups in total. The molecule has 0 amide bonds. The summed E-state index contributed by atoms with van der Waals surface area (Å²) in [5.74, 6) is 0. The van der Waals surface area contributed by atoms with Gasteiger partial charge < -0.3 is 15.2 Å². The fraction of sp³-hybridized carbons (Fsp3) is 0.846. The maximum Gasteiger partial charge on any atom is 0.0964 e. The Balaban J connectivity index is 1.77. The highest BCUT2D eigenvalue weighted by molar-refractivity contribution is 4.93. The molecule has 0 aromatic carbocycles. The maximum atomic E-state index is 8.77. The van der Waals surface area contributed by atoms with Gasteiger partial charge in [-0.05, 0) is 33.1 Å². The minimum absolute atomic E-state index is 0.0331. The van der Waals surface area contributed by atoms with E-state index in [1.165, 1.54) is 0 Å². The second-order valence-electron chi connectivity index (χ2n) is 5.73. The summed E-state index contributed by atoms with van der Waals surface area (Å²) in [5, 5.41) is 20.5. The molecule has 1 saturated heterocycles. The van der Waals surface area contributed by atoms with E-state index < -0.39 is 0 Å². The Morgan fingerprint density at radius 3 is 3.16 bits per heavy atom. The first-order chi connectivity index (χ1) is 9.09. The van der Waals surface area contributed by atoms with Gasteiger partial charge >= 0.3 is 0 Å². The summed E-state index contributed by atoms with van der Waals surface area (Å²) in [7, 11) is 0. The van der Waals surface area contributed by atoms with Gasteiger partial charge in [0.25, 0.3) is 0 Å². The SMILES string of the molecule is CC1(C)CC(NCc2cn(CCCO)nn2)CCO1. The topological polar surface area (TPSA) is 72.2 Å². The van der Waals surface area contributed by atoms with Crippen molar-refractivity contribution in [1.29, 1.82) is 0 Å². The number of hydrogen-bond acceptors (Lipinski definition) is 5. The van der Waals surface area contributed by atoms with Crippen LogP contribution in [-0.4, -0.2) is 45.0 Å².